The van der Waals surface area contributed by atoms with Crippen LogP contribution in [0.25, 0.3) is 0 Å². The first-order valence-electron chi connectivity index (χ1n) is 11.6. The van der Waals surface area contributed by atoms with Gasteiger partial charge in [0, 0.05) is 33.0 Å². The van der Waals surface area contributed by atoms with Gasteiger partial charge in [0.15, 0.2) is 0 Å². The largest absolute Gasteiger partial charge is 0.266 e. The molecule has 4 aromatic rings. The van der Waals surface area contributed by atoms with Crippen LogP contribution in [0.2, 0.25) is 0 Å². The molecule has 0 spiro atoms. The van der Waals surface area contributed by atoms with Crippen LogP contribution in [-0.4, -0.2) is 11.2 Å². The van der Waals surface area contributed by atoms with Gasteiger partial charge in [-0.05, 0) is 131 Å². The van der Waals surface area contributed by atoms with Gasteiger partial charge in [0.05, 0.1) is 11.2 Å². The molecule has 0 atom stereocenters. The molecule has 0 N–H and O–H groups in total. The van der Waals surface area contributed by atoms with E-state index in [0.29, 0.717) is 0 Å². The molecule has 1 aliphatic rings. The van der Waals surface area contributed by atoms with Gasteiger partial charge in [0.1, 0.15) is 0 Å². The van der Waals surface area contributed by atoms with Gasteiger partial charge < -0.3 is 0 Å². The average molecular weight is 545 g/mol. The molecule has 0 unspecified atom stereocenters. The van der Waals surface area contributed by atoms with Crippen LogP contribution < -0.4 is 0 Å². The fraction of sp³-hybridized carbons (Fsp3) is 0.379. The molecule has 190 valence electrons. The molecule has 0 fully saturated rings. The number of aryl methyl sites for hydroxylation is 8. The number of aliphatic imine (C=N–C) groups is 1. The molecule has 2 nitrogen and oxygen atoms in total. The van der Waals surface area contributed by atoms with E-state index in [9.17, 15) is 0 Å². The second-order valence-corrected chi connectivity index (χ2v) is 12.5. The van der Waals surface area contributed by atoms with Crippen LogP contribution in [0, 0.1) is 55.4 Å². The smallest absolute Gasteiger partial charge is 0.0797 e. The Bertz CT molecular complexity index is 966. The highest BCUT2D eigenvalue weighted by molar-refractivity contribution is 7.10. The Morgan fingerprint density at radius 3 is 1.26 bits per heavy atom. The zero-order valence-corrected chi connectivity index (χ0v) is 26.1. The Morgan fingerprint density at radius 1 is 0.629 bits per heavy atom. The van der Waals surface area contributed by atoms with E-state index in [0.717, 1.165) is 12.1 Å². The third kappa shape index (κ3) is 12.6. The van der Waals surface area contributed by atoms with Crippen molar-refractivity contribution in [1.29, 1.82) is 0 Å². The van der Waals surface area contributed by atoms with Gasteiger partial charge in [-0.2, -0.15) is 11.3 Å². The van der Waals surface area contributed by atoms with E-state index < -0.39 is 0 Å². The highest BCUT2D eigenvalue weighted by Gasteiger charge is 1.97. The normalized spacial score (nSPS) is 11.4. The molecule has 0 aliphatic carbocycles. The summed E-state index contributed by atoms with van der Waals surface area (Å²) in [6.07, 6.45) is 3.01. The van der Waals surface area contributed by atoms with Gasteiger partial charge >= 0.3 is 0 Å². The third-order valence-corrected chi connectivity index (χ3v) is 9.37. The van der Waals surface area contributed by atoms with Crippen molar-refractivity contribution in [3.63, 3.8) is 0 Å². The summed E-state index contributed by atoms with van der Waals surface area (Å²) in [5, 5.41) is 8.56. The standard InChI is InChI=1S/C6H9N.3C6H8S.C5H7NS/c1-5-3-4-7-6(5)2;1-5-3-7-4-6(5)2;2*1-5-3-4-7-6(5)2;1-4-5(2)7-3-6-4/h4H,3H2,1-2H3;3*3-4H,1-2H3;3H,1-2H3. The maximum Gasteiger partial charge on any atom is 0.0797 e. The third-order valence-electron chi connectivity index (χ3n) is 5.63. The summed E-state index contributed by atoms with van der Waals surface area (Å²) in [6.45, 7) is 21.1. The van der Waals surface area contributed by atoms with Gasteiger partial charge in [0.25, 0.3) is 0 Å². The van der Waals surface area contributed by atoms with Gasteiger partial charge in [-0.3, -0.25) is 4.99 Å². The van der Waals surface area contributed by atoms with Crippen molar-refractivity contribution in [2.45, 2.75) is 75.7 Å². The van der Waals surface area contributed by atoms with E-state index in [2.05, 4.69) is 99.0 Å². The molecule has 0 bridgehead atoms. The van der Waals surface area contributed by atoms with Crippen molar-refractivity contribution < 1.29 is 0 Å². The molecule has 5 rings (SSSR count). The van der Waals surface area contributed by atoms with Crippen LogP contribution in [0.4, 0.5) is 0 Å². The first-order chi connectivity index (χ1) is 16.5. The Kier molecular flexibility index (Phi) is 14.9. The van der Waals surface area contributed by atoms with E-state index in [-0.39, 0.29) is 0 Å². The second kappa shape index (κ2) is 16.7. The average Bonchev–Trinajstić information content (AvgIpc) is 3.64. The summed E-state index contributed by atoms with van der Waals surface area (Å²) in [7, 11) is 0. The minimum absolute atomic E-state index is 1.06. The SMILES string of the molecule is CC1=C(C)N=CC1.Cc1ccsc1C.Cc1ccsc1C.Cc1cscc1C.Cc1ncsc1C. The number of allylic oxidation sites excluding steroid dienone is 2. The molecule has 0 amide bonds. The predicted octanol–water partition coefficient (Wildman–Crippen LogP) is 10.6. The molecule has 1 aliphatic heterocycles. The number of rotatable bonds is 0. The predicted molar refractivity (Wildman–Crippen MR) is 164 cm³/mol. The summed E-state index contributed by atoms with van der Waals surface area (Å²) in [5.41, 5.74) is 11.2. The zero-order valence-electron chi connectivity index (χ0n) is 22.9. The monoisotopic (exact) mass is 544 g/mol. The van der Waals surface area contributed by atoms with E-state index >= 15 is 0 Å². The number of hydrogen-bond acceptors (Lipinski definition) is 6. The Balaban J connectivity index is 0.000000219. The van der Waals surface area contributed by atoms with Crippen molar-refractivity contribution in [1.82, 2.24) is 4.98 Å². The molecule has 0 saturated carbocycles. The van der Waals surface area contributed by atoms with Crippen LogP contribution in [-0.2, 0) is 0 Å². The molecule has 0 aromatic carbocycles. The van der Waals surface area contributed by atoms with Crippen LogP contribution in [0.5, 0.6) is 0 Å². The summed E-state index contributed by atoms with van der Waals surface area (Å²) >= 11 is 7.07. The van der Waals surface area contributed by atoms with Crippen molar-refractivity contribution in [2.24, 2.45) is 4.99 Å². The molecular weight excluding hydrogens is 505 g/mol. The number of thiazole rings is 1. The molecule has 4 aromatic heterocycles. The van der Waals surface area contributed by atoms with Gasteiger partial charge in [-0.1, -0.05) is 0 Å². The molecule has 6 heteroatoms. The lowest BCUT2D eigenvalue weighted by molar-refractivity contribution is 1.22. The van der Waals surface area contributed by atoms with Gasteiger partial charge in [0.2, 0.25) is 0 Å². The Morgan fingerprint density at radius 2 is 1.14 bits per heavy atom. The lowest BCUT2D eigenvalue weighted by Crippen LogP contribution is -1.69. The first kappa shape index (κ1) is 31.2. The number of thiophene rings is 3. The molecule has 0 saturated heterocycles. The van der Waals surface area contributed by atoms with Gasteiger partial charge in [-0.25, -0.2) is 4.98 Å². The molecule has 35 heavy (non-hydrogen) atoms. The van der Waals surface area contributed by atoms with Gasteiger partial charge in [-0.15, -0.1) is 34.0 Å². The fourth-order valence-corrected chi connectivity index (χ4v) is 5.16. The maximum absolute atomic E-state index is 4.07. The topological polar surface area (TPSA) is 25.2 Å². The van der Waals surface area contributed by atoms with Crippen LogP contribution in [0.15, 0.2) is 55.4 Å². The maximum atomic E-state index is 4.07. The lowest BCUT2D eigenvalue weighted by Gasteiger charge is -1.85. The number of aromatic nitrogens is 1. The quantitative estimate of drug-likeness (QED) is 0.216. The first-order valence-corrected chi connectivity index (χ1v) is 15.2. The summed E-state index contributed by atoms with van der Waals surface area (Å²) in [5.74, 6) is 0. The second-order valence-electron chi connectivity index (χ2n) is 8.43. The zero-order chi connectivity index (χ0) is 26.4. The van der Waals surface area contributed by atoms with Crippen LogP contribution in [0.1, 0.15) is 62.8 Å². The fourth-order valence-electron chi connectivity index (χ4n) is 2.26. The minimum atomic E-state index is 1.06. The summed E-state index contributed by atoms with van der Waals surface area (Å²) in [4.78, 5) is 12.3. The van der Waals surface area contributed by atoms with Crippen molar-refractivity contribution in [3.8, 4) is 0 Å². The highest BCUT2D eigenvalue weighted by atomic mass is 32.1. The van der Waals surface area contributed by atoms with E-state index in [1.807, 2.05) is 25.6 Å². The number of hydrogen-bond donors (Lipinski definition) is 0. The van der Waals surface area contributed by atoms with E-state index in [4.69, 9.17) is 0 Å². The lowest BCUT2D eigenvalue weighted by atomic mass is 10.2. The molecule has 0 radical (unpaired) electrons. The van der Waals surface area contributed by atoms with Crippen molar-refractivity contribution >= 4 is 51.6 Å². The Hall–Kier alpha value is -1.86. The van der Waals surface area contributed by atoms with Crippen molar-refractivity contribution in [3.05, 3.63) is 93.0 Å². The van der Waals surface area contributed by atoms with E-state index in [1.165, 1.54) is 48.2 Å². The van der Waals surface area contributed by atoms with Crippen LogP contribution >= 0.6 is 45.3 Å². The molecule has 5 heterocycles. The Labute approximate surface area is 229 Å². The summed E-state index contributed by atoms with van der Waals surface area (Å²) < 4.78 is 0. The summed E-state index contributed by atoms with van der Waals surface area (Å²) in [6, 6.07) is 4.28. The molecular formula is C29H40N2S4. The van der Waals surface area contributed by atoms with E-state index in [1.54, 1.807) is 45.3 Å². The number of nitrogens with zero attached hydrogens (tertiary/aromatic N) is 2. The highest BCUT2D eigenvalue weighted by Crippen LogP contribution is 2.14. The van der Waals surface area contributed by atoms with Crippen LogP contribution in [0.3, 0.4) is 0 Å². The van der Waals surface area contributed by atoms with Crippen molar-refractivity contribution in [2.75, 3.05) is 0 Å². The minimum Gasteiger partial charge on any atom is -0.266 e.